The monoisotopic (exact) mass is 461 g/mol. The van der Waals surface area contributed by atoms with Crippen molar-refractivity contribution in [1.82, 2.24) is 20.2 Å². The minimum Gasteiger partial charge on any atom is -0.488 e. The van der Waals surface area contributed by atoms with E-state index >= 15 is 0 Å². The summed E-state index contributed by atoms with van der Waals surface area (Å²) in [7, 11) is 0. The smallest absolute Gasteiger partial charge is 0.227 e. The number of hydrogen-bond donors (Lipinski definition) is 2. The van der Waals surface area contributed by atoms with Gasteiger partial charge in [0.05, 0.1) is 6.42 Å². The Hall–Kier alpha value is -3.19. The lowest BCUT2D eigenvalue weighted by molar-refractivity contribution is -0.120. The second kappa shape index (κ2) is 10.8. The Morgan fingerprint density at radius 3 is 2.50 bits per heavy atom. The van der Waals surface area contributed by atoms with Crippen LogP contribution in [0.4, 0.5) is 11.6 Å². The summed E-state index contributed by atoms with van der Waals surface area (Å²) >= 11 is 0. The van der Waals surface area contributed by atoms with Gasteiger partial charge in [0, 0.05) is 42.4 Å². The molecule has 1 saturated heterocycles. The van der Waals surface area contributed by atoms with Crippen LogP contribution in [0, 0.1) is 0 Å². The zero-order valence-electron chi connectivity index (χ0n) is 20.5. The molecule has 180 valence electrons. The Balaban J connectivity index is 1.43. The largest absolute Gasteiger partial charge is 0.488 e. The number of likely N-dealkylation sites (tertiary alicyclic amines) is 1. The van der Waals surface area contributed by atoms with E-state index in [4.69, 9.17) is 9.72 Å². The van der Waals surface area contributed by atoms with Crippen LogP contribution in [0.25, 0.3) is 10.9 Å². The van der Waals surface area contributed by atoms with Gasteiger partial charge >= 0.3 is 0 Å². The SMILES string of the molecule is CC(C)NC(=O)Cc1ccc(Nc2ncc3cccc(OC4CCN(C(C)C)CC4)c3n2)cc1. The summed E-state index contributed by atoms with van der Waals surface area (Å²) in [6.07, 6.45) is 4.43. The molecule has 34 heavy (non-hydrogen) atoms. The van der Waals surface area contributed by atoms with Crippen molar-refractivity contribution in [2.24, 2.45) is 0 Å². The number of ether oxygens (including phenoxy) is 1. The number of amides is 1. The third kappa shape index (κ3) is 6.23. The van der Waals surface area contributed by atoms with Gasteiger partial charge < -0.3 is 20.3 Å². The normalized spacial score (nSPS) is 15.1. The van der Waals surface area contributed by atoms with E-state index in [-0.39, 0.29) is 18.1 Å². The lowest BCUT2D eigenvalue weighted by Gasteiger charge is -2.34. The van der Waals surface area contributed by atoms with Gasteiger partial charge in [-0.15, -0.1) is 0 Å². The number of benzene rings is 2. The molecule has 2 N–H and O–H groups in total. The number of piperidine rings is 1. The van der Waals surface area contributed by atoms with Crippen LogP contribution in [0.5, 0.6) is 5.75 Å². The number of fused-ring (bicyclic) bond motifs is 1. The van der Waals surface area contributed by atoms with E-state index in [0.29, 0.717) is 18.4 Å². The molecule has 2 aromatic carbocycles. The number of hydrogen-bond acceptors (Lipinski definition) is 6. The van der Waals surface area contributed by atoms with Crippen LogP contribution in [0.15, 0.2) is 48.7 Å². The molecule has 0 spiro atoms. The van der Waals surface area contributed by atoms with Gasteiger partial charge in [-0.1, -0.05) is 24.3 Å². The van der Waals surface area contributed by atoms with Gasteiger partial charge in [0.1, 0.15) is 17.4 Å². The van der Waals surface area contributed by atoms with Crippen molar-refractivity contribution in [2.45, 2.75) is 65.1 Å². The summed E-state index contributed by atoms with van der Waals surface area (Å²) in [4.78, 5) is 23.7. The van der Waals surface area contributed by atoms with Gasteiger partial charge in [0.25, 0.3) is 0 Å². The van der Waals surface area contributed by atoms with E-state index in [1.165, 1.54) is 0 Å². The molecule has 1 fully saturated rings. The summed E-state index contributed by atoms with van der Waals surface area (Å²) in [5, 5.41) is 7.14. The van der Waals surface area contributed by atoms with Gasteiger partial charge in [-0.25, -0.2) is 9.97 Å². The van der Waals surface area contributed by atoms with Gasteiger partial charge in [0.15, 0.2) is 0 Å². The number of nitrogens with one attached hydrogen (secondary N) is 2. The van der Waals surface area contributed by atoms with E-state index in [9.17, 15) is 4.79 Å². The fourth-order valence-electron chi connectivity index (χ4n) is 4.27. The molecule has 7 heteroatoms. The third-order valence-corrected chi connectivity index (χ3v) is 6.10. The highest BCUT2D eigenvalue weighted by Crippen LogP contribution is 2.28. The number of carbonyl (C=O) groups is 1. The first-order valence-corrected chi connectivity index (χ1v) is 12.2. The highest BCUT2D eigenvalue weighted by atomic mass is 16.5. The Labute approximate surface area is 201 Å². The molecule has 0 radical (unpaired) electrons. The molecule has 0 saturated carbocycles. The third-order valence-electron chi connectivity index (χ3n) is 6.10. The second-order valence-electron chi connectivity index (χ2n) is 9.56. The Kier molecular flexibility index (Phi) is 7.63. The van der Waals surface area contributed by atoms with Crippen molar-refractivity contribution < 1.29 is 9.53 Å². The molecule has 4 rings (SSSR count). The van der Waals surface area contributed by atoms with E-state index in [1.807, 2.05) is 62.5 Å². The fraction of sp³-hybridized carbons (Fsp3) is 0.444. The fourth-order valence-corrected chi connectivity index (χ4v) is 4.27. The predicted octanol–water partition coefficient (Wildman–Crippen LogP) is 4.69. The molecular weight excluding hydrogens is 426 g/mol. The number of anilines is 2. The van der Waals surface area contributed by atoms with Crippen LogP contribution < -0.4 is 15.4 Å². The van der Waals surface area contributed by atoms with E-state index in [2.05, 4.69) is 34.4 Å². The number of nitrogens with zero attached hydrogens (tertiary/aromatic N) is 3. The second-order valence-corrected chi connectivity index (χ2v) is 9.56. The maximum Gasteiger partial charge on any atom is 0.227 e. The van der Waals surface area contributed by atoms with Gasteiger partial charge in [0.2, 0.25) is 11.9 Å². The minimum atomic E-state index is 0.0241. The predicted molar refractivity (Wildman–Crippen MR) is 137 cm³/mol. The first-order chi connectivity index (χ1) is 16.4. The van der Waals surface area contributed by atoms with E-state index < -0.39 is 0 Å². The first-order valence-electron chi connectivity index (χ1n) is 12.2. The molecule has 0 atom stereocenters. The minimum absolute atomic E-state index is 0.0241. The van der Waals surface area contributed by atoms with Gasteiger partial charge in [-0.05, 0) is 64.3 Å². The van der Waals surface area contributed by atoms with Crippen molar-refractivity contribution in [3.8, 4) is 5.75 Å². The standard InChI is InChI=1S/C27H35N5O2/c1-18(2)29-25(33)16-20-8-10-22(11-9-20)30-27-28-17-21-6-5-7-24(26(21)31-27)34-23-12-14-32(15-13-23)19(3)4/h5-11,17-19,23H,12-16H2,1-4H3,(H,29,33)(H,28,30,31). The summed E-state index contributed by atoms with van der Waals surface area (Å²) in [5.41, 5.74) is 2.64. The summed E-state index contributed by atoms with van der Waals surface area (Å²) in [6, 6.07) is 14.5. The molecule has 1 aromatic heterocycles. The number of carbonyl (C=O) groups excluding carboxylic acids is 1. The lowest BCUT2D eigenvalue weighted by atomic mass is 10.1. The quantitative estimate of drug-likeness (QED) is 0.507. The van der Waals surface area contributed by atoms with Crippen LogP contribution in [-0.4, -0.2) is 52.1 Å². The molecule has 1 aliphatic heterocycles. The van der Waals surface area contributed by atoms with Crippen LogP contribution in [0.1, 0.15) is 46.1 Å². The van der Waals surface area contributed by atoms with E-state index in [0.717, 1.165) is 53.8 Å². The summed E-state index contributed by atoms with van der Waals surface area (Å²) in [5.74, 6) is 1.34. The first kappa shape index (κ1) is 24.0. The van der Waals surface area contributed by atoms with Crippen LogP contribution in [0.3, 0.4) is 0 Å². The van der Waals surface area contributed by atoms with Crippen molar-refractivity contribution in [3.05, 3.63) is 54.2 Å². The van der Waals surface area contributed by atoms with Crippen molar-refractivity contribution in [1.29, 1.82) is 0 Å². The van der Waals surface area contributed by atoms with Gasteiger partial charge in [-0.3, -0.25) is 4.79 Å². The molecule has 1 amide bonds. The molecule has 0 bridgehead atoms. The molecule has 0 unspecified atom stereocenters. The van der Waals surface area contributed by atoms with Crippen LogP contribution in [-0.2, 0) is 11.2 Å². The van der Waals surface area contributed by atoms with Crippen molar-refractivity contribution >= 4 is 28.4 Å². The van der Waals surface area contributed by atoms with E-state index in [1.54, 1.807) is 0 Å². The maximum atomic E-state index is 12.0. The Morgan fingerprint density at radius 2 is 1.82 bits per heavy atom. The zero-order chi connectivity index (χ0) is 24.1. The molecule has 1 aliphatic rings. The summed E-state index contributed by atoms with van der Waals surface area (Å²) in [6.45, 7) is 10.5. The number of para-hydroxylation sites is 1. The average Bonchev–Trinajstić information content (AvgIpc) is 2.80. The van der Waals surface area contributed by atoms with Crippen LogP contribution in [0.2, 0.25) is 0 Å². The topological polar surface area (TPSA) is 79.4 Å². The summed E-state index contributed by atoms with van der Waals surface area (Å²) < 4.78 is 6.40. The molecular formula is C27H35N5O2. The van der Waals surface area contributed by atoms with Crippen LogP contribution >= 0.6 is 0 Å². The van der Waals surface area contributed by atoms with Crippen molar-refractivity contribution in [3.63, 3.8) is 0 Å². The lowest BCUT2D eigenvalue weighted by Crippen LogP contribution is -2.41. The Morgan fingerprint density at radius 1 is 1.09 bits per heavy atom. The number of aromatic nitrogens is 2. The maximum absolute atomic E-state index is 12.0. The molecule has 3 aromatic rings. The molecule has 0 aliphatic carbocycles. The highest BCUT2D eigenvalue weighted by molar-refractivity contribution is 5.85. The molecule has 2 heterocycles. The van der Waals surface area contributed by atoms with Gasteiger partial charge in [-0.2, -0.15) is 0 Å². The zero-order valence-corrected chi connectivity index (χ0v) is 20.5. The highest BCUT2D eigenvalue weighted by Gasteiger charge is 2.22. The number of rotatable bonds is 8. The molecule has 7 nitrogen and oxygen atoms in total. The van der Waals surface area contributed by atoms with Crippen molar-refractivity contribution in [2.75, 3.05) is 18.4 Å². The average molecular weight is 462 g/mol. The Bertz CT molecular complexity index is 1110.